The van der Waals surface area contributed by atoms with Crippen LogP contribution in [-0.4, -0.2) is 10.9 Å². The highest BCUT2D eigenvalue weighted by atomic mass is 16.4. The lowest BCUT2D eigenvalue weighted by atomic mass is 9.83. The van der Waals surface area contributed by atoms with Gasteiger partial charge in [-0.15, -0.1) is 0 Å². The fourth-order valence-electron chi connectivity index (χ4n) is 2.08. The van der Waals surface area contributed by atoms with Gasteiger partial charge in [0.1, 0.15) is 0 Å². The van der Waals surface area contributed by atoms with Crippen LogP contribution in [0.25, 0.3) is 0 Å². The van der Waals surface area contributed by atoms with Gasteiger partial charge in [-0.1, -0.05) is 29.4 Å². The van der Waals surface area contributed by atoms with E-state index in [2.05, 4.69) is 17.3 Å². The van der Waals surface area contributed by atoms with Crippen LogP contribution in [0.1, 0.15) is 37.2 Å². The van der Waals surface area contributed by atoms with Crippen molar-refractivity contribution in [3.8, 4) is 0 Å². The molecule has 0 saturated heterocycles. The molecule has 1 N–H and O–H groups in total. The number of rotatable bonds is 1. The molecule has 1 unspecified atom stereocenters. The van der Waals surface area contributed by atoms with E-state index in [0.717, 1.165) is 25.0 Å². The fourth-order valence-corrected chi connectivity index (χ4v) is 2.08. The fraction of sp³-hybridized carbons (Fsp3) is 0.417. The molecule has 1 aromatic rings. The van der Waals surface area contributed by atoms with Crippen molar-refractivity contribution in [3.05, 3.63) is 35.9 Å². The zero-order valence-electron chi connectivity index (χ0n) is 8.11. The minimum Gasteiger partial charge on any atom is -0.411 e. The Bertz CT molecular complexity index is 318. The molecule has 1 aromatic carbocycles. The van der Waals surface area contributed by atoms with Gasteiger partial charge in [0, 0.05) is 0 Å². The van der Waals surface area contributed by atoms with E-state index in [1.807, 2.05) is 18.2 Å². The zero-order valence-corrected chi connectivity index (χ0v) is 8.11. The predicted molar refractivity (Wildman–Crippen MR) is 55.7 cm³/mol. The summed E-state index contributed by atoms with van der Waals surface area (Å²) in [7, 11) is 0. The summed E-state index contributed by atoms with van der Waals surface area (Å²) >= 11 is 0. The molecule has 1 aliphatic carbocycles. The van der Waals surface area contributed by atoms with Gasteiger partial charge in [0.2, 0.25) is 0 Å². The average molecular weight is 188 g/mol. The Morgan fingerprint density at radius 3 is 3.14 bits per heavy atom. The van der Waals surface area contributed by atoms with Crippen LogP contribution in [0.15, 0.2) is 29.4 Å². The minimum absolute atomic E-state index is 0.520. The molecule has 0 aromatic heterocycles. The lowest BCUT2D eigenvalue weighted by Gasteiger charge is -2.22. The van der Waals surface area contributed by atoms with Crippen LogP contribution in [0.5, 0.6) is 0 Å². The number of oxime groups is 1. The Labute approximate surface area is 84.3 Å². The highest BCUT2D eigenvalue weighted by Gasteiger charge is 2.19. The van der Waals surface area contributed by atoms with E-state index in [0.29, 0.717) is 5.92 Å². The number of hydrogen-bond donors (Lipinski definition) is 1. The van der Waals surface area contributed by atoms with E-state index in [4.69, 9.17) is 5.21 Å². The van der Waals surface area contributed by atoms with Crippen LogP contribution in [0.4, 0.5) is 0 Å². The first kappa shape index (κ1) is 9.25. The Hall–Kier alpha value is -1.31. The molecule has 2 heteroatoms. The third kappa shape index (κ3) is 1.95. The van der Waals surface area contributed by atoms with Gasteiger partial charge < -0.3 is 5.21 Å². The van der Waals surface area contributed by atoms with E-state index in [-0.39, 0.29) is 0 Å². The standard InChI is InChI=1S/C12H14NO/c14-13-12-8-4-7-11(9-12)10-5-2-1-3-6-10/h1-2,5-6,11,14H,4,7-9H2. The molecule has 1 radical (unpaired) electrons. The van der Waals surface area contributed by atoms with E-state index in [9.17, 15) is 0 Å². The van der Waals surface area contributed by atoms with Crippen molar-refractivity contribution in [1.82, 2.24) is 0 Å². The molecule has 2 nitrogen and oxygen atoms in total. The molecule has 1 fully saturated rings. The van der Waals surface area contributed by atoms with Crippen molar-refractivity contribution in [1.29, 1.82) is 0 Å². The zero-order chi connectivity index (χ0) is 9.80. The Kier molecular flexibility index (Phi) is 2.82. The SMILES string of the molecule is ON=C1CCCC(c2c[c]ccc2)C1. The summed E-state index contributed by atoms with van der Waals surface area (Å²) < 4.78 is 0. The topological polar surface area (TPSA) is 32.6 Å². The molecule has 2 rings (SSSR count). The minimum atomic E-state index is 0.520. The molecule has 73 valence electrons. The van der Waals surface area contributed by atoms with Gasteiger partial charge >= 0.3 is 0 Å². The molecule has 0 heterocycles. The highest BCUT2D eigenvalue weighted by molar-refractivity contribution is 5.85. The summed E-state index contributed by atoms with van der Waals surface area (Å²) in [5.74, 6) is 0.520. The van der Waals surface area contributed by atoms with E-state index in [1.54, 1.807) is 0 Å². The quantitative estimate of drug-likeness (QED) is 0.533. The van der Waals surface area contributed by atoms with Gasteiger partial charge in [-0.05, 0) is 43.2 Å². The lowest BCUT2D eigenvalue weighted by molar-refractivity contribution is 0.313. The number of benzene rings is 1. The summed E-state index contributed by atoms with van der Waals surface area (Å²) in [5.41, 5.74) is 2.25. The Morgan fingerprint density at radius 1 is 1.50 bits per heavy atom. The molecular weight excluding hydrogens is 174 g/mol. The maximum atomic E-state index is 8.74. The number of hydrogen-bond acceptors (Lipinski definition) is 2. The molecule has 1 atom stereocenters. The van der Waals surface area contributed by atoms with Crippen LogP contribution in [0.2, 0.25) is 0 Å². The van der Waals surface area contributed by atoms with Gasteiger partial charge in [0.05, 0.1) is 5.71 Å². The van der Waals surface area contributed by atoms with Crippen molar-refractivity contribution < 1.29 is 5.21 Å². The molecule has 0 bridgehead atoms. The third-order valence-electron chi connectivity index (χ3n) is 2.84. The smallest absolute Gasteiger partial charge is 0.0576 e. The molecule has 14 heavy (non-hydrogen) atoms. The summed E-state index contributed by atoms with van der Waals surface area (Å²) in [6.45, 7) is 0. The molecule has 0 aliphatic heterocycles. The van der Waals surface area contributed by atoms with Gasteiger partial charge in [-0.3, -0.25) is 0 Å². The van der Waals surface area contributed by atoms with Crippen molar-refractivity contribution in [2.24, 2.45) is 5.16 Å². The van der Waals surface area contributed by atoms with Crippen LogP contribution >= 0.6 is 0 Å². The van der Waals surface area contributed by atoms with Crippen LogP contribution in [-0.2, 0) is 0 Å². The van der Waals surface area contributed by atoms with Crippen LogP contribution < -0.4 is 0 Å². The molecule has 1 aliphatic rings. The molecule has 0 spiro atoms. The summed E-state index contributed by atoms with van der Waals surface area (Å²) in [5, 5.41) is 12.1. The first-order chi connectivity index (χ1) is 6.90. The van der Waals surface area contributed by atoms with E-state index < -0.39 is 0 Å². The molecule has 0 amide bonds. The Morgan fingerprint density at radius 2 is 2.43 bits per heavy atom. The predicted octanol–water partition coefficient (Wildman–Crippen LogP) is 2.97. The van der Waals surface area contributed by atoms with Crippen molar-refractivity contribution in [2.75, 3.05) is 0 Å². The maximum Gasteiger partial charge on any atom is 0.0576 e. The second kappa shape index (κ2) is 4.27. The van der Waals surface area contributed by atoms with E-state index >= 15 is 0 Å². The van der Waals surface area contributed by atoms with Crippen LogP contribution in [0.3, 0.4) is 0 Å². The van der Waals surface area contributed by atoms with Gasteiger partial charge in [-0.2, -0.15) is 0 Å². The summed E-state index contributed by atoms with van der Waals surface area (Å²) in [6, 6.07) is 11.2. The second-order valence-electron chi connectivity index (χ2n) is 3.80. The van der Waals surface area contributed by atoms with Crippen molar-refractivity contribution in [3.63, 3.8) is 0 Å². The third-order valence-corrected chi connectivity index (χ3v) is 2.84. The summed E-state index contributed by atoms with van der Waals surface area (Å²) in [4.78, 5) is 0. The Balaban J connectivity index is 2.12. The average Bonchev–Trinajstić information content (AvgIpc) is 2.30. The monoisotopic (exact) mass is 188 g/mol. The van der Waals surface area contributed by atoms with Gasteiger partial charge in [-0.25, -0.2) is 0 Å². The largest absolute Gasteiger partial charge is 0.411 e. The lowest BCUT2D eigenvalue weighted by Crippen LogP contribution is -2.13. The number of nitrogens with zero attached hydrogens (tertiary/aromatic N) is 1. The molecule has 1 saturated carbocycles. The van der Waals surface area contributed by atoms with Gasteiger partial charge in [0.25, 0.3) is 0 Å². The molecular formula is C12H14NO. The van der Waals surface area contributed by atoms with Gasteiger partial charge in [0.15, 0.2) is 0 Å². The van der Waals surface area contributed by atoms with E-state index in [1.165, 1.54) is 12.0 Å². The highest BCUT2D eigenvalue weighted by Crippen LogP contribution is 2.30. The summed E-state index contributed by atoms with van der Waals surface area (Å²) in [6.07, 6.45) is 4.16. The van der Waals surface area contributed by atoms with Crippen molar-refractivity contribution in [2.45, 2.75) is 31.6 Å². The maximum absolute atomic E-state index is 8.74. The first-order valence-corrected chi connectivity index (χ1v) is 5.06. The second-order valence-corrected chi connectivity index (χ2v) is 3.80. The van der Waals surface area contributed by atoms with Crippen LogP contribution in [0, 0.1) is 6.07 Å². The van der Waals surface area contributed by atoms with Crippen molar-refractivity contribution >= 4 is 5.71 Å². The normalized spacial score (nSPS) is 25.1. The first-order valence-electron chi connectivity index (χ1n) is 5.06.